The Labute approximate surface area is 102 Å². The number of carbonyl (C=O) groups excluding carboxylic acids is 1. The summed E-state index contributed by atoms with van der Waals surface area (Å²) in [5.74, 6) is 1.74. The van der Waals surface area contributed by atoms with E-state index in [0.717, 1.165) is 30.4 Å². The highest BCUT2D eigenvalue weighted by atomic mass is 16.5. The highest BCUT2D eigenvalue weighted by Crippen LogP contribution is 2.37. The summed E-state index contributed by atoms with van der Waals surface area (Å²) in [5, 5.41) is 0. The average molecular weight is 234 g/mol. The molecule has 1 aromatic carbocycles. The van der Waals surface area contributed by atoms with Crippen LogP contribution in [0.3, 0.4) is 0 Å². The Kier molecular flexibility index (Phi) is 3.36. The summed E-state index contributed by atoms with van der Waals surface area (Å²) in [4.78, 5) is 12.2. The van der Waals surface area contributed by atoms with E-state index in [0.29, 0.717) is 11.5 Å². The Morgan fingerprint density at radius 2 is 1.88 bits per heavy atom. The van der Waals surface area contributed by atoms with Crippen LogP contribution in [0.25, 0.3) is 0 Å². The van der Waals surface area contributed by atoms with E-state index in [1.54, 1.807) is 14.2 Å². The lowest BCUT2D eigenvalue weighted by Crippen LogP contribution is -2.08. The van der Waals surface area contributed by atoms with Crippen LogP contribution in [-0.2, 0) is 6.42 Å². The molecule has 0 saturated carbocycles. The van der Waals surface area contributed by atoms with Crippen molar-refractivity contribution in [1.29, 1.82) is 0 Å². The van der Waals surface area contributed by atoms with Crippen molar-refractivity contribution in [1.82, 2.24) is 0 Å². The highest BCUT2D eigenvalue weighted by Gasteiger charge is 2.31. The van der Waals surface area contributed by atoms with Crippen molar-refractivity contribution < 1.29 is 14.3 Å². The van der Waals surface area contributed by atoms with Gasteiger partial charge in [0, 0.05) is 11.5 Å². The van der Waals surface area contributed by atoms with E-state index in [1.807, 2.05) is 12.1 Å². The summed E-state index contributed by atoms with van der Waals surface area (Å²) < 4.78 is 10.5. The van der Waals surface area contributed by atoms with Crippen molar-refractivity contribution in [3.63, 3.8) is 0 Å². The summed E-state index contributed by atoms with van der Waals surface area (Å²) >= 11 is 0. The van der Waals surface area contributed by atoms with Gasteiger partial charge in [0.05, 0.1) is 14.2 Å². The number of ketones is 1. The van der Waals surface area contributed by atoms with Crippen LogP contribution in [0, 0.1) is 5.92 Å². The van der Waals surface area contributed by atoms with Crippen molar-refractivity contribution in [2.75, 3.05) is 14.2 Å². The fraction of sp³-hybridized carbons (Fsp3) is 0.500. The zero-order valence-corrected chi connectivity index (χ0v) is 10.6. The molecule has 1 aliphatic carbocycles. The minimum Gasteiger partial charge on any atom is -0.493 e. The zero-order chi connectivity index (χ0) is 12.4. The molecule has 92 valence electrons. The Hall–Kier alpha value is -1.51. The number of hydrogen-bond acceptors (Lipinski definition) is 3. The SMILES string of the molecule is CCCC1Cc2cc(OC)c(OC)cc2C1=O. The summed E-state index contributed by atoms with van der Waals surface area (Å²) in [5.41, 5.74) is 1.90. The summed E-state index contributed by atoms with van der Waals surface area (Å²) in [7, 11) is 3.21. The van der Waals surface area contributed by atoms with Gasteiger partial charge in [0.1, 0.15) is 0 Å². The first-order chi connectivity index (χ1) is 8.21. The number of benzene rings is 1. The maximum absolute atomic E-state index is 12.2. The fourth-order valence-corrected chi connectivity index (χ4v) is 2.48. The molecule has 2 rings (SSSR count). The average Bonchev–Trinajstić information content (AvgIpc) is 2.65. The molecule has 0 amide bonds. The summed E-state index contributed by atoms with van der Waals surface area (Å²) in [6.45, 7) is 2.11. The van der Waals surface area contributed by atoms with Gasteiger partial charge in [0.2, 0.25) is 0 Å². The third-order valence-electron chi connectivity index (χ3n) is 3.35. The lowest BCUT2D eigenvalue weighted by molar-refractivity contribution is 0.0930. The molecule has 0 bridgehead atoms. The van der Waals surface area contributed by atoms with Crippen LogP contribution in [0.2, 0.25) is 0 Å². The van der Waals surface area contributed by atoms with Crippen molar-refractivity contribution in [3.05, 3.63) is 23.3 Å². The number of rotatable bonds is 4. The van der Waals surface area contributed by atoms with Crippen LogP contribution in [0.5, 0.6) is 11.5 Å². The second-order valence-corrected chi connectivity index (χ2v) is 4.42. The molecule has 0 heterocycles. The zero-order valence-electron chi connectivity index (χ0n) is 10.6. The molecule has 1 atom stereocenters. The van der Waals surface area contributed by atoms with Crippen LogP contribution < -0.4 is 9.47 Å². The molecule has 0 radical (unpaired) electrons. The molecule has 0 aromatic heterocycles. The van der Waals surface area contributed by atoms with Gasteiger partial charge in [-0.15, -0.1) is 0 Å². The van der Waals surface area contributed by atoms with Gasteiger partial charge in [-0.05, 0) is 30.5 Å². The minimum atomic E-state index is 0.145. The molecule has 0 fully saturated rings. The fourth-order valence-electron chi connectivity index (χ4n) is 2.48. The molecule has 0 saturated heterocycles. The van der Waals surface area contributed by atoms with E-state index >= 15 is 0 Å². The first kappa shape index (κ1) is 12.0. The van der Waals surface area contributed by atoms with E-state index < -0.39 is 0 Å². The topological polar surface area (TPSA) is 35.5 Å². The van der Waals surface area contributed by atoms with Gasteiger partial charge in [-0.1, -0.05) is 13.3 Å². The maximum atomic E-state index is 12.2. The Morgan fingerprint density at radius 1 is 1.24 bits per heavy atom. The molecule has 17 heavy (non-hydrogen) atoms. The Bertz CT molecular complexity index is 437. The van der Waals surface area contributed by atoms with E-state index in [-0.39, 0.29) is 11.7 Å². The number of fused-ring (bicyclic) bond motifs is 1. The number of Topliss-reactive ketones (excluding diaryl/α,β-unsaturated/α-hetero) is 1. The Balaban J connectivity index is 2.38. The number of methoxy groups -OCH3 is 2. The molecule has 0 N–H and O–H groups in total. The molecule has 0 aliphatic heterocycles. The van der Waals surface area contributed by atoms with Gasteiger partial charge in [-0.2, -0.15) is 0 Å². The number of ether oxygens (including phenoxy) is 2. The van der Waals surface area contributed by atoms with Crippen LogP contribution >= 0.6 is 0 Å². The second-order valence-electron chi connectivity index (χ2n) is 4.42. The van der Waals surface area contributed by atoms with Crippen molar-refractivity contribution >= 4 is 5.78 Å². The number of carbonyl (C=O) groups is 1. The van der Waals surface area contributed by atoms with Gasteiger partial charge in [0.25, 0.3) is 0 Å². The van der Waals surface area contributed by atoms with Crippen molar-refractivity contribution in [2.24, 2.45) is 5.92 Å². The quantitative estimate of drug-likeness (QED) is 0.803. The van der Waals surface area contributed by atoms with Crippen molar-refractivity contribution in [2.45, 2.75) is 26.2 Å². The van der Waals surface area contributed by atoms with Crippen LogP contribution in [0.1, 0.15) is 35.7 Å². The van der Waals surface area contributed by atoms with E-state index in [2.05, 4.69) is 6.92 Å². The largest absolute Gasteiger partial charge is 0.493 e. The number of hydrogen-bond donors (Lipinski definition) is 0. The van der Waals surface area contributed by atoms with Gasteiger partial charge >= 0.3 is 0 Å². The predicted molar refractivity (Wildman–Crippen MR) is 66.0 cm³/mol. The third kappa shape index (κ3) is 2.02. The normalized spacial score (nSPS) is 18.1. The van der Waals surface area contributed by atoms with Gasteiger partial charge in [0.15, 0.2) is 17.3 Å². The maximum Gasteiger partial charge on any atom is 0.166 e. The molecular formula is C14H18O3. The molecule has 3 nitrogen and oxygen atoms in total. The second kappa shape index (κ2) is 4.78. The van der Waals surface area contributed by atoms with Crippen molar-refractivity contribution in [3.8, 4) is 11.5 Å². The summed E-state index contributed by atoms with van der Waals surface area (Å²) in [6.07, 6.45) is 2.83. The highest BCUT2D eigenvalue weighted by molar-refractivity contribution is 6.02. The van der Waals surface area contributed by atoms with E-state index in [1.165, 1.54) is 0 Å². The minimum absolute atomic E-state index is 0.145. The molecule has 1 aromatic rings. The van der Waals surface area contributed by atoms with Crippen LogP contribution in [0.15, 0.2) is 12.1 Å². The first-order valence-electron chi connectivity index (χ1n) is 6.00. The predicted octanol–water partition coefficient (Wildman–Crippen LogP) is 2.86. The van der Waals surface area contributed by atoms with Crippen LogP contribution in [-0.4, -0.2) is 20.0 Å². The van der Waals surface area contributed by atoms with Crippen LogP contribution in [0.4, 0.5) is 0 Å². The van der Waals surface area contributed by atoms with E-state index in [4.69, 9.17) is 9.47 Å². The standard InChI is InChI=1S/C14H18O3/c1-4-5-9-6-10-7-12(16-2)13(17-3)8-11(10)14(9)15/h7-9H,4-6H2,1-3H3. The lowest BCUT2D eigenvalue weighted by Gasteiger charge is -2.09. The molecule has 1 unspecified atom stereocenters. The first-order valence-corrected chi connectivity index (χ1v) is 6.00. The Morgan fingerprint density at radius 3 is 2.47 bits per heavy atom. The lowest BCUT2D eigenvalue weighted by atomic mass is 10.00. The molecular weight excluding hydrogens is 216 g/mol. The third-order valence-corrected chi connectivity index (χ3v) is 3.35. The van der Waals surface area contributed by atoms with E-state index in [9.17, 15) is 4.79 Å². The molecule has 0 spiro atoms. The van der Waals surface area contributed by atoms with Gasteiger partial charge < -0.3 is 9.47 Å². The van der Waals surface area contributed by atoms with Gasteiger partial charge in [-0.25, -0.2) is 0 Å². The van der Waals surface area contributed by atoms with Gasteiger partial charge in [-0.3, -0.25) is 4.79 Å². The summed E-state index contributed by atoms with van der Waals surface area (Å²) in [6, 6.07) is 3.74. The smallest absolute Gasteiger partial charge is 0.166 e. The molecule has 1 aliphatic rings. The molecule has 3 heteroatoms. The monoisotopic (exact) mass is 234 g/mol.